The van der Waals surface area contributed by atoms with E-state index in [2.05, 4.69) is 32.4 Å². The zero-order chi connectivity index (χ0) is 13.0. The normalized spacial score (nSPS) is 10.1. The van der Waals surface area contributed by atoms with Crippen LogP contribution < -0.4 is 5.32 Å². The topological polar surface area (TPSA) is 53.6 Å². The summed E-state index contributed by atoms with van der Waals surface area (Å²) in [6.45, 7) is 0.775. The number of aromatic nitrogens is 2. The van der Waals surface area contributed by atoms with Gasteiger partial charge in [0.15, 0.2) is 0 Å². The van der Waals surface area contributed by atoms with Crippen LogP contribution in [0.5, 0.6) is 0 Å². The van der Waals surface area contributed by atoms with Crippen LogP contribution in [0.2, 0.25) is 0 Å². The Hall–Kier alpha value is -1.80. The largest absolute Gasteiger partial charge is 0.384 e. The summed E-state index contributed by atoms with van der Waals surface area (Å²) in [6.07, 6.45) is 4.73. The summed E-state index contributed by atoms with van der Waals surface area (Å²) < 4.78 is 2.75. The van der Waals surface area contributed by atoms with Crippen molar-refractivity contribution in [3.63, 3.8) is 0 Å². The van der Waals surface area contributed by atoms with Crippen molar-refractivity contribution >= 4 is 21.6 Å². The molecule has 0 bridgehead atoms. The molecule has 2 rings (SSSR count). The van der Waals surface area contributed by atoms with Crippen molar-refractivity contribution in [3.05, 3.63) is 46.2 Å². The molecule has 1 aromatic carbocycles. The van der Waals surface area contributed by atoms with Crippen molar-refractivity contribution in [2.45, 2.75) is 6.42 Å². The van der Waals surface area contributed by atoms with Gasteiger partial charge in [0.2, 0.25) is 0 Å². The van der Waals surface area contributed by atoms with Crippen LogP contribution in [0.25, 0.3) is 0 Å². The summed E-state index contributed by atoms with van der Waals surface area (Å²) in [5.74, 6) is 0. The predicted octanol–water partition coefficient (Wildman–Crippen LogP) is 2.71. The molecule has 5 heteroatoms. The predicted molar refractivity (Wildman–Crippen MR) is 74.3 cm³/mol. The van der Waals surface area contributed by atoms with Gasteiger partial charge >= 0.3 is 0 Å². The van der Waals surface area contributed by atoms with Crippen molar-refractivity contribution in [1.82, 2.24) is 9.78 Å². The van der Waals surface area contributed by atoms with E-state index in [1.165, 1.54) is 5.56 Å². The van der Waals surface area contributed by atoms with Gasteiger partial charge in [-0.15, -0.1) is 0 Å². The zero-order valence-corrected chi connectivity index (χ0v) is 11.6. The number of benzene rings is 1. The number of nitrogens with zero attached hydrogens (tertiary/aromatic N) is 3. The first kappa shape index (κ1) is 12.7. The lowest BCUT2D eigenvalue weighted by Crippen LogP contribution is -2.05. The number of nitrogens with one attached hydrogen (secondary N) is 1. The van der Waals surface area contributed by atoms with E-state index >= 15 is 0 Å². The first-order valence-electron chi connectivity index (χ1n) is 5.60. The van der Waals surface area contributed by atoms with E-state index in [1.807, 2.05) is 31.6 Å². The SMILES string of the molecule is Cn1cc(CCNc2cc(Br)ccc2C#N)cn1. The molecule has 18 heavy (non-hydrogen) atoms. The van der Waals surface area contributed by atoms with Gasteiger partial charge in [-0.25, -0.2) is 0 Å². The van der Waals surface area contributed by atoms with Gasteiger partial charge in [-0.05, 0) is 30.2 Å². The minimum absolute atomic E-state index is 0.657. The smallest absolute Gasteiger partial charge is 0.101 e. The molecule has 0 atom stereocenters. The van der Waals surface area contributed by atoms with E-state index in [9.17, 15) is 0 Å². The third-order valence-corrected chi connectivity index (χ3v) is 3.08. The van der Waals surface area contributed by atoms with Crippen LogP contribution in [-0.4, -0.2) is 16.3 Å². The fourth-order valence-corrected chi connectivity index (χ4v) is 2.06. The summed E-state index contributed by atoms with van der Waals surface area (Å²) in [5, 5.41) is 16.4. The number of rotatable bonds is 4. The van der Waals surface area contributed by atoms with Crippen LogP contribution in [0, 0.1) is 11.3 Å². The van der Waals surface area contributed by atoms with Crippen LogP contribution >= 0.6 is 15.9 Å². The lowest BCUT2D eigenvalue weighted by molar-refractivity contribution is 0.767. The Morgan fingerprint density at radius 3 is 3.00 bits per heavy atom. The maximum atomic E-state index is 9.01. The number of hydrogen-bond acceptors (Lipinski definition) is 3. The molecule has 1 N–H and O–H groups in total. The maximum absolute atomic E-state index is 9.01. The van der Waals surface area contributed by atoms with Crippen LogP contribution in [0.1, 0.15) is 11.1 Å². The quantitative estimate of drug-likeness (QED) is 0.945. The number of anilines is 1. The second kappa shape index (κ2) is 5.69. The Bertz CT molecular complexity index is 583. The molecule has 2 aromatic rings. The molecule has 92 valence electrons. The van der Waals surface area contributed by atoms with E-state index < -0.39 is 0 Å². The van der Waals surface area contributed by atoms with Crippen molar-refractivity contribution in [2.24, 2.45) is 7.05 Å². The summed E-state index contributed by atoms with van der Waals surface area (Å²) in [5.41, 5.74) is 2.69. The van der Waals surface area contributed by atoms with E-state index in [4.69, 9.17) is 5.26 Å². The lowest BCUT2D eigenvalue weighted by Gasteiger charge is -2.07. The minimum Gasteiger partial charge on any atom is -0.384 e. The summed E-state index contributed by atoms with van der Waals surface area (Å²) in [7, 11) is 1.90. The van der Waals surface area contributed by atoms with Gasteiger partial charge in [0.1, 0.15) is 6.07 Å². The third kappa shape index (κ3) is 3.11. The summed E-state index contributed by atoms with van der Waals surface area (Å²) in [6, 6.07) is 7.76. The molecule has 0 aliphatic rings. The van der Waals surface area contributed by atoms with E-state index in [-0.39, 0.29) is 0 Å². The molecule has 0 amide bonds. The number of nitriles is 1. The van der Waals surface area contributed by atoms with E-state index in [1.54, 1.807) is 10.7 Å². The molecule has 0 fully saturated rings. The highest BCUT2D eigenvalue weighted by Gasteiger charge is 2.02. The van der Waals surface area contributed by atoms with Crippen LogP contribution in [0.15, 0.2) is 35.1 Å². The molecule has 4 nitrogen and oxygen atoms in total. The average molecular weight is 305 g/mol. The maximum Gasteiger partial charge on any atom is 0.101 e. The van der Waals surface area contributed by atoms with Gasteiger partial charge in [0.25, 0.3) is 0 Å². The van der Waals surface area contributed by atoms with Crippen molar-refractivity contribution < 1.29 is 0 Å². The molecule has 0 saturated carbocycles. The van der Waals surface area contributed by atoms with Crippen molar-refractivity contribution in [2.75, 3.05) is 11.9 Å². The molecule has 0 aliphatic carbocycles. The summed E-state index contributed by atoms with van der Waals surface area (Å²) >= 11 is 3.40. The second-order valence-corrected chi connectivity index (χ2v) is 4.92. The highest BCUT2D eigenvalue weighted by Crippen LogP contribution is 2.20. The fraction of sp³-hybridized carbons (Fsp3) is 0.231. The van der Waals surface area contributed by atoms with Crippen molar-refractivity contribution in [3.8, 4) is 6.07 Å². The second-order valence-electron chi connectivity index (χ2n) is 4.00. The minimum atomic E-state index is 0.657. The standard InChI is InChI=1S/C13H13BrN4/c1-18-9-10(8-17-18)4-5-16-13-6-12(14)3-2-11(13)7-15/h2-3,6,8-9,16H,4-5H2,1H3. The van der Waals surface area contributed by atoms with Crippen LogP contribution in [0.4, 0.5) is 5.69 Å². The third-order valence-electron chi connectivity index (χ3n) is 2.59. The van der Waals surface area contributed by atoms with Gasteiger partial charge in [-0.1, -0.05) is 15.9 Å². The highest BCUT2D eigenvalue weighted by molar-refractivity contribution is 9.10. The Morgan fingerprint density at radius 1 is 1.50 bits per heavy atom. The number of aryl methyl sites for hydroxylation is 1. The molecular weight excluding hydrogens is 292 g/mol. The molecular formula is C13H13BrN4. The van der Waals surface area contributed by atoms with Gasteiger partial charge in [-0.2, -0.15) is 10.4 Å². The van der Waals surface area contributed by atoms with Crippen LogP contribution in [0.3, 0.4) is 0 Å². The molecule has 0 spiro atoms. The molecule has 1 heterocycles. The van der Waals surface area contributed by atoms with E-state index in [0.29, 0.717) is 5.56 Å². The molecule has 0 aliphatic heterocycles. The van der Waals surface area contributed by atoms with Gasteiger partial charge in [0.05, 0.1) is 17.4 Å². The highest BCUT2D eigenvalue weighted by atomic mass is 79.9. The Labute approximate surface area is 114 Å². The zero-order valence-electron chi connectivity index (χ0n) is 10.0. The number of halogens is 1. The first-order chi connectivity index (χ1) is 8.69. The Kier molecular flexibility index (Phi) is 4.00. The Balaban J connectivity index is 1.98. The first-order valence-corrected chi connectivity index (χ1v) is 6.39. The fourth-order valence-electron chi connectivity index (χ4n) is 1.70. The van der Waals surface area contributed by atoms with Crippen LogP contribution in [-0.2, 0) is 13.5 Å². The molecule has 0 radical (unpaired) electrons. The molecule has 0 saturated heterocycles. The monoisotopic (exact) mass is 304 g/mol. The Morgan fingerprint density at radius 2 is 2.33 bits per heavy atom. The molecule has 1 aromatic heterocycles. The lowest BCUT2D eigenvalue weighted by atomic mass is 10.2. The van der Waals surface area contributed by atoms with Gasteiger partial charge < -0.3 is 5.32 Å². The average Bonchev–Trinajstić information content (AvgIpc) is 2.75. The molecule has 0 unspecified atom stereocenters. The van der Waals surface area contributed by atoms with Gasteiger partial charge in [0, 0.05) is 24.3 Å². The summed E-state index contributed by atoms with van der Waals surface area (Å²) in [4.78, 5) is 0. The van der Waals surface area contributed by atoms with Gasteiger partial charge in [-0.3, -0.25) is 4.68 Å². The van der Waals surface area contributed by atoms with E-state index in [0.717, 1.165) is 23.1 Å². The van der Waals surface area contributed by atoms with Crippen molar-refractivity contribution in [1.29, 1.82) is 5.26 Å². The number of hydrogen-bond donors (Lipinski definition) is 1.